The van der Waals surface area contributed by atoms with Gasteiger partial charge in [0.05, 0.1) is 11.1 Å². The highest BCUT2D eigenvalue weighted by Gasteiger charge is 2.59. The number of carbonyl (C=O) groups is 2. The predicted octanol–water partition coefficient (Wildman–Crippen LogP) is 5.84. The highest BCUT2D eigenvalue weighted by Crippen LogP contribution is 2.44. The number of hydrogen-bond acceptors (Lipinski definition) is 8. The van der Waals surface area contributed by atoms with E-state index in [1.54, 1.807) is 22.7 Å². The number of imidazole rings is 1. The lowest BCUT2D eigenvalue weighted by Gasteiger charge is -2.40. The van der Waals surface area contributed by atoms with Crippen LogP contribution in [0.5, 0.6) is 0 Å². The maximum absolute atomic E-state index is 13.9. The standard InChI is InChI=1S/C26H31BrN2O6SSi/c1-25(2,3)37(6,7)35-21-20(32-23-22(21)33-26(4,5)34-23)19(31)16-12-28-24-29(16)13-17(36-24)18(30)14-8-10-15(27)11-9-14/h8-13,20-23H,1-7H3/t20-,21+,22-,23-/m1/s1. The van der Waals surface area contributed by atoms with Crippen molar-refractivity contribution in [1.29, 1.82) is 0 Å². The number of ether oxygens (including phenoxy) is 3. The molecule has 11 heteroatoms. The van der Waals surface area contributed by atoms with Gasteiger partial charge in [-0.2, -0.15) is 0 Å². The zero-order valence-electron chi connectivity index (χ0n) is 21.9. The largest absolute Gasteiger partial charge is 0.408 e. The number of thiazole rings is 1. The molecular weight excluding hydrogens is 576 g/mol. The van der Waals surface area contributed by atoms with Crippen LogP contribution in [0.25, 0.3) is 4.96 Å². The van der Waals surface area contributed by atoms with Gasteiger partial charge in [0.25, 0.3) is 0 Å². The van der Waals surface area contributed by atoms with Crippen LogP contribution in [0.1, 0.15) is 60.3 Å². The molecule has 3 aromatic rings. The van der Waals surface area contributed by atoms with Gasteiger partial charge in [0.15, 0.2) is 31.5 Å². The zero-order valence-corrected chi connectivity index (χ0v) is 25.3. The normalized spacial score (nSPS) is 25.5. The molecule has 5 rings (SSSR count). The Morgan fingerprint density at radius 2 is 1.84 bits per heavy atom. The molecule has 0 spiro atoms. The molecule has 198 valence electrons. The Morgan fingerprint density at radius 3 is 2.49 bits per heavy atom. The van der Waals surface area contributed by atoms with Crippen LogP contribution in [0, 0.1) is 0 Å². The molecule has 8 nitrogen and oxygen atoms in total. The molecule has 0 bridgehead atoms. The summed E-state index contributed by atoms with van der Waals surface area (Å²) in [5.41, 5.74) is 0.890. The molecule has 2 saturated heterocycles. The van der Waals surface area contributed by atoms with E-state index in [0.29, 0.717) is 21.1 Å². The van der Waals surface area contributed by atoms with Gasteiger partial charge in [-0.05, 0) is 56.2 Å². The van der Waals surface area contributed by atoms with Crippen LogP contribution in [0.3, 0.4) is 0 Å². The topological polar surface area (TPSA) is 88.4 Å². The molecule has 4 heterocycles. The Kier molecular flexibility index (Phi) is 6.66. The lowest BCUT2D eigenvalue weighted by atomic mass is 10.1. The quantitative estimate of drug-likeness (QED) is 0.257. The number of ketones is 2. The first-order valence-electron chi connectivity index (χ1n) is 12.2. The first kappa shape index (κ1) is 26.9. The summed E-state index contributed by atoms with van der Waals surface area (Å²) < 4.78 is 27.5. The van der Waals surface area contributed by atoms with Gasteiger partial charge in [-0.15, -0.1) is 0 Å². The van der Waals surface area contributed by atoms with Crippen molar-refractivity contribution in [2.75, 3.05) is 0 Å². The second kappa shape index (κ2) is 9.18. The average Bonchev–Trinajstić information content (AvgIpc) is 3.52. The van der Waals surface area contributed by atoms with Gasteiger partial charge in [0.1, 0.15) is 17.9 Å². The Morgan fingerprint density at radius 1 is 1.16 bits per heavy atom. The fourth-order valence-corrected chi connectivity index (χ4v) is 6.77. The van der Waals surface area contributed by atoms with Gasteiger partial charge in [-0.3, -0.25) is 14.0 Å². The molecule has 0 aliphatic carbocycles. The van der Waals surface area contributed by atoms with Crippen molar-refractivity contribution in [2.45, 2.75) is 83.1 Å². The summed E-state index contributed by atoms with van der Waals surface area (Å²) in [6, 6.07) is 7.17. The van der Waals surface area contributed by atoms with E-state index < -0.39 is 38.7 Å². The number of nitrogens with zero attached hydrogens (tertiary/aromatic N) is 2. The fourth-order valence-electron chi connectivity index (χ4n) is 4.30. The summed E-state index contributed by atoms with van der Waals surface area (Å²) in [5, 5.41) is -0.0762. The molecule has 2 fully saturated rings. The number of halogens is 1. The third kappa shape index (κ3) is 4.91. The Labute approximate surface area is 229 Å². The van der Waals surface area contributed by atoms with Crippen molar-refractivity contribution in [2.24, 2.45) is 0 Å². The lowest BCUT2D eigenvalue weighted by molar-refractivity contribution is -0.207. The van der Waals surface area contributed by atoms with E-state index in [9.17, 15) is 9.59 Å². The van der Waals surface area contributed by atoms with Crippen LogP contribution in [0.2, 0.25) is 18.1 Å². The number of rotatable bonds is 6. The maximum atomic E-state index is 13.9. The van der Waals surface area contributed by atoms with Gasteiger partial charge in [0, 0.05) is 16.2 Å². The second-order valence-corrected chi connectivity index (χ2v) is 18.1. The van der Waals surface area contributed by atoms with Crippen LogP contribution in [0.4, 0.5) is 0 Å². The molecule has 0 amide bonds. The molecule has 0 unspecified atom stereocenters. The summed E-state index contributed by atoms with van der Waals surface area (Å²) in [6.45, 7) is 14.4. The van der Waals surface area contributed by atoms with Crippen molar-refractivity contribution < 1.29 is 28.2 Å². The monoisotopic (exact) mass is 606 g/mol. The lowest BCUT2D eigenvalue weighted by Crippen LogP contribution is -2.51. The highest BCUT2D eigenvalue weighted by atomic mass is 79.9. The van der Waals surface area contributed by atoms with E-state index in [4.69, 9.17) is 18.6 Å². The number of fused-ring (bicyclic) bond motifs is 2. The molecule has 0 N–H and O–H groups in total. The van der Waals surface area contributed by atoms with Crippen LogP contribution in [0.15, 0.2) is 41.1 Å². The molecule has 2 aliphatic rings. The Bertz CT molecular complexity index is 1360. The minimum absolute atomic E-state index is 0.0762. The van der Waals surface area contributed by atoms with Crippen molar-refractivity contribution >= 4 is 52.1 Å². The van der Waals surface area contributed by atoms with Gasteiger partial charge in [0.2, 0.25) is 11.6 Å². The number of Topliss-reactive ketones (excluding diaryl/α,β-unsaturated/α-hetero) is 1. The van der Waals surface area contributed by atoms with Gasteiger partial charge in [-0.25, -0.2) is 4.98 Å². The minimum atomic E-state index is -2.29. The van der Waals surface area contributed by atoms with Crippen LogP contribution >= 0.6 is 27.3 Å². The molecule has 0 radical (unpaired) electrons. The summed E-state index contributed by atoms with van der Waals surface area (Å²) in [4.78, 5) is 32.4. The van der Waals surface area contributed by atoms with E-state index in [0.717, 1.165) is 4.47 Å². The summed E-state index contributed by atoms with van der Waals surface area (Å²) in [7, 11) is -2.29. The number of benzene rings is 1. The van der Waals surface area contributed by atoms with E-state index in [1.807, 2.05) is 26.0 Å². The number of hydrogen-bond donors (Lipinski definition) is 0. The maximum Gasteiger partial charge on any atom is 0.212 e. The highest BCUT2D eigenvalue weighted by molar-refractivity contribution is 9.10. The fraction of sp³-hybridized carbons (Fsp3) is 0.500. The summed E-state index contributed by atoms with van der Waals surface area (Å²) in [5.74, 6) is -1.25. The van der Waals surface area contributed by atoms with Crippen LogP contribution in [-0.4, -0.2) is 59.7 Å². The second-order valence-electron chi connectivity index (χ2n) is 11.5. The van der Waals surface area contributed by atoms with E-state index in [1.165, 1.54) is 17.5 Å². The Hall–Kier alpha value is -1.73. The van der Waals surface area contributed by atoms with Crippen molar-refractivity contribution in [3.8, 4) is 0 Å². The Balaban J connectivity index is 1.46. The van der Waals surface area contributed by atoms with Crippen molar-refractivity contribution in [3.05, 3.63) is 57.3 Å². The van der Waals surface area contributed by atoms with E-state index in [2.05, 4.69) is 54.8 Å². The molecular formula is C26H31BrN2O6SSi. The van der Waals surface area contributed by atoms with Crippen molar-refractivity contribution in [1.82, 2.24) is 9.38 Å². The van der Waals surface area contributed by atoms with Crippen LogP contribution in [-0.2, 0) is 18.6 Å². The number of carbonyl (C=O) groups excluding carboxylic acids is 2. The predicted molar refractivity (Wildman–Crippen MR) is 146 cm³/mol. The summed E-state index contributed by atoms with van der Waals surface area (Å²) >= 11 is 4.63. The zero-order chi connectivity index (χ0) is 26.9. The number of aromatic nitrogens is 2. The smallest absolute Gasteiger partial charge is 0.212 e. The van der Waals surface area contributed by atoms with E-state index >= 15 is 0 Å². The third-order valence-electron chi connectivity index (χ3n) is 7.28. The first-order valence-corrected chi connectivity index (χ1v) is 16.7. The van der Waals surface area contributed by atoms with Gasteiger partial charge >= 0.3 is 0 Å². The summed E-state index contributed by atoms with van der Waals surface area (Å²) in [6.07, 6.45) is 0.394. The third-order valence-corrected chi connectivity index (χ3v) is 13.3. The van der Waals surface area contributed by atoms with Gasteiger partial charge in [-0.1, -0.05) is 48.0 Å². The molecule has 2 aromatic heterocycles. The molecule has 2 aliphatic heterocycles. The van der Waals surface area contributed by atoms with E-state index in [-0.39, 0.29) is 16.6 Å². The van der Waals surface area contributed by atoms with Crippen molar-refractivity contribution in [3.63, 3.8) is 0 Å². The molecule has 0 saturated carbocycles. The molecule has 4 atom stereocenters. The van der Waals surface area contributed by atoms with Crippen LogP contribution < -0.4 is 0 Å². The first-order chi connectivity index (χ1) is 17.2. The van der Waals surface area contributed by atoms with Gasteiger partial charge < -0.3 is 18.6 Å². The average molecular weight is 608 g/mol. The minimum Gasteiger partial charge on any atom is -0.408 e. The molecule has 37 heavy (non-hydrogen) atoms. The molecule has 1 aromatic carbocycles. The SMILES string of the molecule is CC1(C)O[C@H]2O[C@H](C(=O)c3cnc4sc(C(=O)c5ccc(Br)cc5)cn34)[C@H](O[Si](C)(C)C(C)(C)C)[C@H]2O1.